The van der Waals surface area contributed by atoms with Gasteiger partial charge >= 0.3 is 0 Å². The summed E-state index contributed by atoms with van der Waals surface area (Å²) in [5.41, 5.74) is 0.263. The molecule has 0 fully saturated rings. The summed E-state index contributed by atoms with van der Waals surface area (Å²) in [6.45, 7) is 0. The van der Waals surface area contributed by atoms with Crippen LogP contribution in [-0.2, 0) is 4.79 Å². The third-order valence-corrected chi connectivity index (χ3v) is 2.07. The molecule has 16 heavy (non-hydrogen) atoms. The SMILES string of the molecule is COc1cc(C(=O)CC=O)cc(OC)c1O. The number of hydrogen-bond donors (Lipinski definition) is 1. The standard InChI is InChI=1S/C11H12O5/c1-15-9-5-7(8(13)3-4-12)6-10(16-2)11(9)14/h4-6,14H,3H2,1-2H3. The van der Waals surface area contributed by atoms with Crippen molar-refractivity contribution in [2.45, 2.75) is 6.42 Å². The number of aldehydes is 1. The van der Waals surface area contributed by atoms with Gasteiger partial charge < -0.3 is 19.4 Å². The smallest absolute Gasteiger partial charge is 0.200 e. The molecule has 5 nitrogen and oxygen atoms in total. The second-order valence-electron chi connectivity index (χ2n) is 3.02. The fourth-order valence-corrected chi connectivity index (χ4v) is 1.25. The van der Waals surface area contributed by atoms with Crippen LogP contribution in [0.15, 0.2) is 12.1 Å². The number of Topliss-reactive ketones (excluding diaryl/α,β-unsaturated/α-hetero) is 1. The number of carbonyl (C=O) groups is 2. The van der Waals surface area contributed by atoms with Gasteiger partial charge in [0.1, 0.15) is 6.29 Å². The van der Waals surface area contributed by atoms with E-state index in [1.165, 1.54) is 26.4 Å². The molecule has 1 N–H and O–H groups in total. The molecule has 0 atom stereocenters. The molecule has 0 aliphatic heterocycles. The van der Waals surface area contributed by atoms with E-state index >= 15 is 0 Å². The lowest BCUT2D eigenvalue weighted by Crippen LogP contribution is -2.01. The highest BCUT2D eigenvalue weighted by atomic mass is 16.5. The zero-order valence-electron chi connectivity index (χ0n) is 9.02. The highest BCUT2D eigenvalue weighted by molar-refractivity contribution is 6.03. The van der Waals surface area contributed by atoms with Crippen molar-refractivity contribution in [2.24, 2.45) is 0 Å². The number of aromatic hydroxyl groups is 1. The Balaban J connectivity index is 3.21. The molecular formula is C11H12O5. The van der Waals surface area contributed by atoms with Crippen LogP contribution in [0, 0.1) is 0 Å². The Morgan fingerprint density at radius 2 is 1.81 bits per heavy atom. The molecule has 0 heterocycles. The molecule has 0 saturated heterocycles. The number of phenols is 1. The van der Waals surface area contributed by atoms with Gasteiger partial charge in [0.2, 0.25) is 5.75 Å². The van der Waals surface area contributed by atoms with Gasteiger partial charge in [0.15, 0.2) is 17.3 Å². The first kappa shape index (κ1) is 12.0. The van der Waals surface area contributed by atoms with Gasteiger partial charge in [0.25, 0.3) is 0 Å². The van der Waals surface area contributed by atoms with Crippen molar-refractivity contribution in [1.29, 1.82) is 0 Å². The van der Waals surface area contributed by atoms with E-state index in [9.17, 15) is 14.7 Å². The number of phenolic OH excluding ortho intramolecular Hbond substituents is 1. The van der Waals surface area contributed by atoms with Crippen molar-refractivity contribution in [3.63, 3.8) is 0 Å². The Morgan fingerprint density at radius 1 is 1.31 bits per heavy atom. The molecule has 0 amide bonds. The van der Waals surface area contributed by atoms with Gasteiger partial charge in [-0.3, -0.25) is 4.79 Å². The van der Waals surface area contributed by atoms with Crippen molar-refractivity contribution < 1.29 is 24.2 Å². The molecule has 1 aromatic rings. The minimum Gasteiger partial charge on any atom is -0.502 e. The first-order valence-electron chi connectivity index (χ1n) is 4.55. The predicted molar refractivity (Wildman–Crippen MR) is 56.2 cm³/mol. The summed E-state index contributed by atoms with van der Waals surface area (Å²) in [7, 11) is 2.73. The van der Waals surface area contributed by atoms with Crippen molar-refractivity contribution >= 4 is 12.1 Å². The van der Waals surface area contributed by atoms with E-state index in [1.54, 1.807) is 0 Å². The molecular weight excluding hydrogens is 212 g/mol. The fourth-order valence-electron chi connectivity index (χ4n) is 1.25. The summed E-state index contributed by atoms with van der Waals surface area (Å²) in [4.78, 5) is 21.7. The van der Waals surface area contributed by atoms with Crippen molar-refractivity contribution in [3.8, 4) is 17.2 Å². The number of methoxy groups -OCH3 is 2. The van der Waals surface area contributed by atoms with Gasteiger partial charge in [0, 0.05) is 5.56 Å². The van der Waals surface area contributed by atoms with Gasteiger partial charge in [-0.25, -0.2) is 0 Å². The summed E-state index contributed by atoms with van der Waals surface area (Å²) in [5, 5.41) is 9.59. The van der Waals surface area contributed by atoms with Crippen molar-refractivity contribution in [3.05, 3.63) is 17.7 Å². The van der Waals surface area contributed by atoms with Crippen LogP contribution in [0.25, 0.3) is 0 Å². The Labute approximate surface area is 92.6 Å². The number of hydrogen-bond acceptors (Lipinski definition) is 5. The quantitative estimate of drug-likeness (QED) is 0.462. The third kappa shape index (κ3) is 2.31. The first-order chi connectivity index (χ1) is 7.63. The number of rotatable bonds is 5. The highest BCUT2D eigenvalue weighted by Crippen LogP contribution is 2.37. The average molecular weight is 224 g/mol. The predicted octanol–water partition coefficient (Wildman–Crippen LogP) is 1.18. The molecule has 0 aliphatic rings. The zero-order valence-corrected chi connectivity index (χ0v) is 9.02. The number of benzene rings is 1. The second-order valence-corrected chi connectivity index (χ2v) is 3.02. The molecule has 86 valence electrons. The molecule has 1 rings (SSSR count). The maximum Gasteiger partial charge on any atom is 0.200 e. The van der Waals surface area contributed by atoms with Crippen LogP contribution >= 0.6 is 0 Å². The van der Waals surface area contributed by atoms with Crippen LogP contribution in [0.5, 0.6) is 17.2 Å². The van der Waals surface area contributed by atoms with E-state index in [0.29, 0.717) is 6.29 Å². The Kier molecular flexibility index (Phi) is 3.88. The van der Waals surface area contributed by atoms with Crippen LogP contribution in [0.1, 0.15) is 16.8 Å². The maximum atomic E-state index is 11.5. The number of ketones is 1. The van der Waals surface area contributed by atoms with Gasteiger partial charge in [-0.1, -0.05) is 0 Å². The van der Waals surface area contributed by atoms with Crippen LogP contribution in [-0.4, -0.2) is 31.4 Å². The van der Waals surface area contributed by atoms with E-state index in [-0.39, 0.29) is 35.0 Å². The van der Waals surface area contributed by atoms with Gasteiger partial charge in [-0.05, 0) is 12.1 Å². The molecule has 0 unspecified atom stereocenters. The molecule has 0 saturated carbocycles. The van der Waals surface area contributed by atoms with E-state index in [0.717, 1.165) is 0 Å². The Hall–Kier alpha value is -2.04. The van der Waals surface area contributed by atoms with Gasteiger partial charge in [-0.2, -0.15) is 0 Å². The van der Waals surface area contributed by atoms with Crippen LogP contribution in [0.2, 0.25) is 0 Å². The minimum absolute atomic E-state index is 0.133. The molecule has 5 heteroatoms. The monoisotopic (exact) mass is 224 g/mol. The third-order valence-electron chi connectivity index (χ3n) is 2.07. The van der Waals surface area contributed by atoms with E-state index in [2.05, 4.69) is 0 Å². The van der Waals surface area contributed by atoms with E-state index in [1.807, 2.05) is 0 Å². The lowest BCUT2D eigenvalue weighted by atomic mass is 10.1. The molecule has 0 spiro atoms. The number of carbonyl (C=O) groups excluding carboxylic acids is 2. The summed E-state index contributed by atoms with van der Waals surface area (Å²) in [6, 6.07) is 2.73. The minimum atomic E-state index is -0.355. The largest absolute Gasteiger partial charge is 0.502 e. The average Bonchev–Trinajstić information content (AvgIpc) is 2.29. The fraction of sp³-hybridized carbons (Fsp3) is 0.273. The summed E-state index contributed by atoms with van der Waals surface area (Å²) >= 11 is 0. The molecule has 0 aliphatic carbocycles. The summed E-state index contributed by atoms with van der Waals surface area (Å²) < 4.78 is 9.77. The lowest BCUT2D eigenvalue weighted by molar-refractivity contribution is -0.107. The molecule has 0 aromatic heterocycles. The molecule has 0 radical (unpaired) electrons. The van der Waals surface area contributed by atoms with Crippen LogP contribution in [0.4, 0.5) is 0 Å². The second kappa shape index (κ2) is 5.16. The highest BCUT2D eigenvalue weighted by Gasteiger charge is 2.14. The zero-order chi connectivity index (χ0) is 12.1. The molecule has 0 bridgehead atoms. The molecule has 1 aromatic carbocycles. The van der Waals surface area contributed by atoms with E-state index in [4.69, 9.17) is 9.47 Å². The van der Waals surface area contributed by atoms with Crippen LogP contribution in [0.3, 0.4) is 0 Å². The van der Waals surface area contributed by atoms with Gasteiger partial charge in [-0.15, -0.1) is 0 Å². The maximum absolute atomic E-state index is 11.5. The Bertz CT molecular complexity index is 386. The van der Waals surface area contributed by atoms with Crippen molar-refractivity contribution in [1.82, 2.24) is 0 Å². The van der Waals surface area contributed by atoms with Gasteiger partial charge in [0.05, 0.1) is 20.6 Å². The van der Waals surface area contributed by atoms with Crippen molar-refractivity contribution in [2.75, 3.05) is 14.2 Å². The van der Waals surface area contributed by atoms with E-state index < -0.39 is 0 Å². The summed E-state index contributed by atoms with van der Waals surface area (Å²) in [5.74, 6) is -0.263. The first-order valence-corrected chi connectivity index (χ1v) is 4.55. The summed E-state index contributed by atoms with van der Waals surface area (Å²) in [6.07, 6.45) is 0.311. The number of ether oxygens (including phenoxy) is 2. The van der Waals surface area contributed by atoms with Crippen LogP contribution < -0.4 is 9.47 Å². The topological polar surface area (TPSA) is 72.8 Å². The lowest BCUT2D eigenvalue weighted by Gasteiger charge is -2.09. The Morgan fingerprint density at radius 3 is 2.19 bits per heavy atom. The normalized spacial score (nSPS) is 9.62.